The van der Waals surface area contributed by atoms with Crippen molar-refractivity contribution >= 4 is 17.5 Å². The van der Waals surface area contributed by atoms with Gasteiger partial charge in [-0.3, -0.25) is 9.59 Å². The number of hydrogen-bond donors (Lipinski definition) is 1. The number of benzene rings is 2. The van der Waals surface area contributed by atoms with E-state index in [2.05, 4.69) is 36.2 Å². The molecule has 1 saturated heterocycles. The standard InChI is InChI=1S/C22H26FN3O2/c1-16-4-3-5-20(17(16)2)25-12-14-26(15-13-25)22(28)21(27)24-11-10-18-6-8-19(23)9-7-18/h3-9H,10-15H2,1-2H3,(H,24,27). The fourth-order valence-electron chi connectivity index (χ4n) is 3.42. The number of nitrogens with one attached hydrogen (secondary N) is 1. The monoisotopic (exact) mass is 383 g/mol. The Morgan fingerprint density at radius 2 is 1.68 bits per heavy atom. The molecule has 0 spiro atoms. The highest BCUT2D eigenvalue weighted by atomic mass is 19.1. The number of rotatable bonds is 4. The van der Waals surface area contributed by atoms with Gasteiger partial charge in [0.15, 0.2) is 0 Å². The number of nitrogens with zero attached hydrogens (tertiary/aromatic N) is 2. The molecule has 28 heavy (non-hydrogen) atoms. The molecule has 0 aliphatic carbocycles. The zero-order valence-electron chi connectivity index (χ0n) is 16.4. The Bertz CT molecular complexity index is 843. The minimum atomic E-state index is -0.581. The molecular formula is C22H26FN3O2. The first-order chi connectivity index (χ1) is 13.5. The third kappa shape index (κ3) is 4.68. The topological polar surface area (TPSA) is 52.7 Å². The molecule has 0 radical (unpaired) electrons. The van der Waals surface area contributed by atoms with Crippen molar-refractivity contribution < 1.29 is 14.0 Å². The van der Waals surface area contributed by atoms with Crippen molar-refractivity contribution in [2.75, 3.05) is 37.6 Å². The van der Waals surface area contributed by atoms with E-state index in [1.165, 1.54) is 28.9 Å². The van der Waals surface area contributed by atoms with Crippen LogP contribution in [0.15, 0.2) is 42.5 Å². The third-order valence-corrected chi connectivity index (χ3v) is 5.29. The van der Waals surface area contributed by atoms with Crippen LogP contribution in [0.4, 0.5) is 10.1 Å². The molecule has 1 aliphatic rings. The van der Waals surface area contributed by atoms with E-state index in [4.69, 9.17) is 0 Å². The first-order valence-corrected chi connectivity index (χ1v) is 9.58. The van der Waals surface area contributed by atoms with Crippen LogP contribution in [0.5, 0.6) is 0 Å². The number of hydrogen-bond acceptors (Lipinski definition) is 3. The summed E-state index contributed by atoms with van der Waals surface area (Å²) in [4.78, 5) is 28.4. The van der Waals surface area contributed by atoms with Gasteiger partial charge in [-0.15, -0.1) is 0 Å². The summed E-state index contributed by atoms with van der Waals surface area (Å²) in [5, 5.41) is 2.66. The molecule has 6 heteroatoms. The van der Waals surface area contributed by atoms with Crippen molar-refractivity contribution in [3.63, 3.8) is 0 Å². The first-order valence-electron chi connectivity index (χ1n) is 9.58. The molecule has 148 valence electrons. The number of amides is 2. The predicted octanol–water partition coefficient (Wildman–Crippen LogP) is 2.45. The van der Waals surface area contributed by atoms with Crippen molar-refractivity contribution in [1.29, 1.82) is 0 Å². The molecule has 3 rings (SSSR count). The molecule has 2 aromatic carbocycles. The summed E-state index contributed by atoms with van der Waals surface area (Å²) in [5.74, 6) is -1.36. The van der Waals surface area contributed by atoms with Gasteiger partial charge in [0.05, 0.1) is 0 Å². The van der Waals surface area contributed by atoms with Crippen molar-refractivity contribution in [3.05, 3.63) is 65.0 Å². The van der Waals surface area contributed by atoms with Gasteiger partial charge in [-0.05, 0) is 55.2 Å². The molecule has 2 aromatic rings. The molecule has 1 N–H and O–H groups in total. The maximum absolute atomic E-state index is 12.9. The molecule has 0 unspecified atom stereocenters. The van der Waals surface area contributed by atoms with Crippen molar-refractivity contribution in [3.8, 4) is 0 Å². The lowest BCUT2D eigenvalue weighted by Gasteiger charge is -2.36. The molecule has 0 atom stereocenters. The first kappa shape index (κ1) is 19.9. The van der Waals surface area contributed by atoms with E-state index in [0.717, 1.165) is 5.56 Å². The van der Waals surface area contributed by atoms with Crippen molar-refractivity contribution in [1.82, 2.24) is 10.2 Å². The highest BCUT2D eigenvalue weighted by Crippen LogP contribution is 2.23. The Balaban J connectivity index is 1.47. The second-order valence-corrected chi connectivity index (χ2v) is 7.13. The van der Waals surface area contributed by atoms with Gasteiger partial charge in [0.1, 0.15) is 5.82 Å². The second kappa shape index (κ2) is 8.87. The lowest BCUT2D eigenvalue weighted by Crippen LogP contribution is -2.53. The van der Waals surface area contributed by atoms with Crippen molar-refractivity contribution in [2.45, 2.75) is 20.3 Å². The SMILES string of the molecule is Cc1cccc(N2CCN(C(=O)C(=O)NCCc3ccc(F)cc3)CC2)c1C. The van der Waals surface area contributed by atoms with Crippen molar-refractivity contribution in [2.24, 2.45) is 0 Å². The summed E-state index contributed by atoms with van der Waals surface area (Å²) in [6.45, 7) is 7.01. The van der Waals surface area contributed by atoms with Gasteiger partial charge in [0, 0.05) is 38.4 Å². The van der Waals surface area contributed by atoms with E-state index in [-0.39, 0.29) is 5.82 Å². The van der Waals surface area contributed by atoms with E-state index in [9.17, 15) is 14.0 Å². The van der Waals surface area contributed by atoms with Crippen LogP contribution >= 0.6 is 0 Å². The van der Waals surface area contributed by atoms with Gasteiger partial charge in [0.25, 0.3) is 0 Å². The van der Waals surface area contributed by atoms with Gasteiger partial charge >= 0.3 is 11.8 Å². The minimum Gasteiger partial charge on any atom is -0.368 e. The number of aryl methyl sites for hydroxylation is 1. The average molecular weight is 383 g/mol. The molecule has 1 heterocycles. The molecule has 0 saturated carbocycles. The maximum atomic E-state index is 12.9. The Labute approximate surface area is 165 Å². The van der Waals surface area contributed by atoms with Gasteiger partial charge in [-0.2, -0.15) is 0 Å². The molecule has 0 aromatic heterocycles. The third-order valence-electron chi connectivity index (χ3n) is 5.29. The molecule has 1 aliphatic heterocycles. The predicted molar refractivity (Wildman–Crippen MR) is 108 cm³/mol. The Hall–Kier alpha value is -2.89. The number of halogens is 1. The number of carbonyl (C=O) groups is 2. The van der Waals surface area contributed by atoms with Crippen LogP contribution in [0.3, 0.4) is 0 Å². The van der Waals surface area contributed by atoms with Gasteiger partial charge in [0.2, 0.25) is 0 Å². The van der Waals surface area contributed by atoms with Crippen LogP contribution in [0.2, 0.25) is 0 Å². The highest BCUT2D eigenvalue weighted by molar-refractivity contribution is 6.35. The smallest absolute Gasteiger partial charge is 0.312 e. The molecular weight excluding hydrogens is 357 g/mol. The van der Waals surface area contributed by atoms with Gasteiger partial charge in [-0.1, -0.05) is 24.3 Å². The van der Waals surface area contributed by atoms with E-state index < -0.39 is 11.8 Å². The number of piperazine rings is 1. The summed E-state index contributed by atoms with van der Waals surface area (Å²) in [5.41, 5.74) is 4.60. The van der Waals surface area contributed by atoms with Crippen LogP contribution < -0.4 is 10.2 Å². The largest absolute Gasteiger partial charge is 0.368 e. The summed E-state index contributed by atoms with van der Waals surface area (Å²) in [6, 6.07) is 12.4. The van der Waals surface area contributed by atoms with E-state index in [0.29, 0.717) is 39.1 Å². The quantitative estimate of drug-likeness (QED) is 0.826. The second-order valence-electron chi connectivity index (χ2n) is 7.13. The van der Waals surface area contributed by atoms with E-state index >= 15 is 0 Å². The minimum absolute atomic E-state index is 0.289. The van der Waals surface area contributed by atoms with Crippen LogP contribution in [-0.2, 0) is 16.0 Å². The molecule has 0 bridgehead atoms. The zero-order valence-corrected chi connectivity index (χ0v) is 16.4. The van der Waals surface area contributed by atoms with Crippen LogP contribution in [0, 0.1) is 19.7 Å². The molecule has 1 fully saturated rings. The molecule has 2 amide bonds. The number of anilines is 1. The van der Waals surface area contributed by atoms with Crippen LogP contribution in [0.1, 0.15) is 16.7 Å². The lowest BCUT2D eigenvalue weighted by atomic mass is 10.1. The fourth-order valence-corrected chi connectivity index (χ4v) is 3.42. The Morgan fingerprint density at radius 1 is 1.00 bits per heavy atom. The van der Waals surface area contributed by atoms with E-state index in [1.807, 2.05) is 6.07 Å². The zero-order chi connectivity index (χ0) is 20.1. The summed E-state index contributed by atoms with van der Waals surface area (Å²) < 4.78 is 12.9. The van der Waals surface area contributed by atoms with Crippen LogP contribution in [-0.4, -0.2) is 49.4 Å². The average Bonchev–Trinajstić information content (AvgIpc) is 2.71. The normalized spacial score (nSPS) is 14.1. The lowest BCUT2D eigenvalue weighted by molar-refractivity contribution is -0.146. The maximum Gasteiger partial charge on any atom is 0.312 e. The van der Waals surface area contributed by atoms with Crippen LogP contribution in [0.25, 0.3) is 0 Å². The Kier molecular flexibility index (Phi) is 6.29. The Morgan fingerprint density at radius 3 is 2.36 bits per heavy atom. The fraction of sp³-hybridized carbons (Fsp3) is 0.364. The summed E-state index contributed by atoms with van der Waals surface area (Å²) >= 11 is 0. The number of carbonyl (C=O) groups excluding carboxylic acids is 2. The molecule has 5 nitrogen and oxygen atoms in total. The summed E-state index contributed by atoms with van der Waals surface area (Å²) in [7, 11) is 0. The van der Waals surface area contributed by atoms with E-state index in [1.54, 1.807) is 17.0 Å². The van der Waals surface area contributed by atoms with Gasteiger partial charge < -0.3 is 15.1 Å². The highest BCUT2D eigenvalue weighted by Gasteiger charge is 2.26. The summed E-state index contributed by atoms with van der Waals surface area (Å²) in [6.07, 6.45) is 0.555. The van der Waals surface area contributed by atoms with Gasteiger partial charge in [-0.25, -0.2) is 4.39 Å².